The van der Waals surface area contributed by atoms with E-state index in [0.29, 0.717) is 17.2 Å². The Kier molecular flexibility index (Phi) is 8.42. The molecule has 39 heavy (non-hydrogen) atoms. The van der Waals surface area contributed by atoms with Crippen molar-refractivity contribution < 1.29 is 26.3 Å². The van der Waals surface area contributed by atoms with Crippen LogP contribution in [0, 0.1) is 0 Å². The maximum Gasteiger partial charge on any atom is 0.573 e. The molecule has 0 bridgehead atoms. The molecule has 3 aromatic rings. The molecule has 8 nitrogen and oxygen atoms in total. The molecule has 1 aliphatic heterocycles. The second kappa shape index (κ2) is 11.6. The zero-order valence-corrected chi connectivity index (χ0v) is 22.4. The number of hydrogen-bond acceptors (Lipinski definition) is 5. The second-order valence-electron chi connectivity index (χ2n) is 8.27. The fraction of sp³-hybridized carbons (Fsp3) is 0.160. The van der Waals surface area contributed by atoms with Crippen LogP contribution in [0.4, 0.5) is 13.2 Å². The third-order valence-electron chi connectivity index (χ3n) is 5.57. The number of guanidine groups is 1. The molecule has 0 saturated carbocycles. The van der Waals surface area contributed by atoms with Crippen molar-refractivity contribution in [2.45, 2.75) is 23.6 Å². The maximum atomic E-state index is 13.1. The first-order valence-electron chi connectivity index (χ1n) is 11.4. The van der Waals surface area contributed by atoms with Crippen molar-refractivity contribution in [3.8, 4) is 5.75 Å². The fourth-order valence-corrected chi connectivity index (χ4v) is 5.08. The Hall–Kier alpha value is -3.68. The summed E-state index contributed by atoms with van der Waals surface area (Å²) in [6.45, 7) is 0.249. The molecular weight excluding hydrogens is 575 g/mol. The summed E-state index contributed by atoms with van der Waals surface area (Å²) in [5.41, 5.74) is 8.06. The first-order chi connectivity index (χ1) is 18.4. The number of thiocarbonyl (C=S) groups is 1. The predicted molar refractivity (Wildman–Crippen MR) is 146 cm³/mol. The minimum absolute atomic E-state index is 0.118. The summed E-state index contributed by atoms with van der Waals surface area (Å²) in [6.07, 6.45) is -4.38. The Balaban J connectivity index is 1.73. The number of alkyl halides is 3. The number of hydrogen-bond donors (Lipinski definition) is 2. The van der Waals surface area contributed by atoms with Gasteiger partial charge in [0.25, 0.3) is 10.0 Å². The molecular formula is C25H21ClF3N5O3S2. The van der Waals surface area contributed by atoms with E-state index in [1.165, 1.54) is 5.01 Å². The minimum atomic E-state index is -4.92. The van der Waals surface area contributed by atoms with Gasteiger partial charge in [-0.2, -0.15) is 13.5 Å². The molecule has 3 aromatic carbocycles. The van der Waals surface area contributed by atoms with Crippen LogP contribution < -0.4 is 15.8 Å². The molecule has 1 atom stereocenters. The Morgan fingerprint density at radius 3 is 2.31 bits per heavy atom. The number of benzene rings is 3. The fourth-order valence-electron chi connectivity index (χ4n) is 3.91. The molecule has 0 aliphatic carbocycles. The number of hydrazone groups is 1. The van der Waals surface area contributed by atoms with Crippen molar-refractivity contribution in [2.24, 2.45) is 15.2 Å². The molecule has 4 rings (SSSR count). The van der Waals surface area contributed by atoms with E-state index in [4.69, 9.17) is 34.7 Å². The van der Waals surface area contributed by atoms with Crippen molar-refractivity contribution in [1.29, 1.82) is 0 Å². The number of rotatable bonds is 5. The SMILES string of the molecule is NC(=S)NC(=NS(=O)(=O)c1ccc(OC(F)(F)F)cc1)N1CCC(c2ccccc2)C(c2ccc(Cl)cc2)=N1. The summed E-state index contributed by atoms with van der Waals surface area (Å²) in [7, 11) is -4.42. The van der Waals surface area contributed by atoms with Gasteiger partial charge < -0.3 is 15.8 Å². The molecule has 14 heteroatoms. The number of halogens is 4. The molecule has 0 aromatic heterocycles. The van der Waals surface area contributed by atoms with E-state index in [1.807, 2.05) is 30.3 Å². The Labute approximate surface area is 233 Å². The summed E-state index contributed by atoms with van der Waals surface area (Å²) in [6, 6.07) is 20.4. The highest BCUT2D eigenvalue weighted by Crippen LogP contribution is 2.30. The van der Waals surface area contributed by atoms with Crippen LogP contribution in [0.5, 0.6) is 5.75 Å². The van der Waals surface area contributed by atoms with E-state index in [1.54, 1.807) is 24.3 Å². The molecule has 0 spiro atoms. The van der Waals surface area contributed by atoms with Crippen LogP contribution in [0.1, 0.15) is 23.5 Å². The lowest BCUT2D eigenvalue weighted by Crippen LogP contribution is -2.47. The van der Waals surface area contributed by atoms with Crippen LogP contribution >= 0.6 is 23.8 Å². The quantitative estimate of drug-likeness (QED) is 0.242. The first kappa shape index (κ1) is 28.3. The highest BCUT2D eigenvalue weighted by atomic mass is 35.5. The van der Waals surface area contributed by atoms with Gasteiger partial charge in [0.15, 0.2) is 5.11 Å². The van der Waals surface area contributed by atoms with E-state index in [-0.39, 0.29) is 28.4 Å². The first-order valence-corrected chi connectivity index (χ1v) is 13.6. The second-order valence-corrected chi connectivity index (χ2v) is 10.7. The smallest absolute Gasteiger partial charge is 0.406 e. The third kappa shape index (κ3) is 7.46. The molecule has 0 saturated heterocycles. The maximum absolute atomic E-state index is 13.1. The number of sulfonamides is 1. The normalized spacial score (nSPS) is 16.4. The Morgan fingerprint density at radius 2 is 1.72 bits per heavy atom. The van der Waals surface area contributed by atoms with Crippen molar-refractivity contribution in [3.63, 3.8) is 0 Å². The zero-order chi connectivity index (χ0) is 28.2. The summed E-state index contributed by atoms with van der Waals surface area (Å²) < 4.78 is 71.2. The summed E-state index contributed by atoms with van der Waals surface area (Å²) >= 11 is 11.0. The zero-order valence-electron chi connectivity index (χ0n) is 20.0. The van der Waals surface area contributed by atoms with Gasteiger partial charge in [0, 0.05) is 17.5 Å². The van der Waals surface area contributed by atoms with Crippen LogP contribution in [0.25, 0.3) is 0 Å². The van der Waals surface area contributed by atoms with Gasteiger partial charge in [-0.3, -0.25) is 0 Å². The topological polar surface area (TPSA) is 109 Å². The van der Waals surface area contributed by atoms with Gasteiger partial charge in [-0.15, -0.1) is 17.6 Å². The largest absolute Gasteiger partial charge is 0.573 e. The summed E-state index contributed by atoms with van der Waals surface area (Å²) in [5.74, 6) is -0.962. The lowest BCUT2D eigenvalue weighted by molar-refractivity contribution is -0.274. The van der Waals surface area contributed by atoms with E-state index >= 15 is 0 Å². The van der Waals surface area contributed by atoms with Crippen LogP contribution in [-0.4, -0.2) is 43.1 Å². The van der Waals surface area contributed by atoms with Gasteiger partial charge in [-0.05, 0) is 66.2 Å². The predicted octanol–water partition coefficient (Wildman–Crippen LogP) is 5.01. The molecule has 1 heterocycles. The van der Waals surface area contributed by atoms with Crippen molar-refractivity contribution >= 4 is 50.6 Å². The van der Waals surface area contributed by atoms with Crippen LogP contribution in [0.3, 0.4) is 0 Å². The highest BCUT2D eigenvalue weighted by Gasteiger charge is 2.32. The van der Waals surface area contributed by atoms with Crippen molar-refractivity contribution in [3.05, 3.63) is 95.0 Å². The average molecular weight is 596 g/mol. The molecule has 0 fully saturated rings. The number of nitrogens with one attached hydrogen (secondary N) is 1. The van der Waals surface area contributed by atoms with Gasteiger partial charge in [0.1, 0.15) is 5.75 Å². The molecule has 0 amide bonds. The molecule has 0 radical (unpaired) electrons. The number of nitrogens with zero attached hydrogens (tertiary/aromatic N) is 3. The van der Waals surface area contributed by atoms with E-state index in [2.05, 4.69) is 14.5 Å². The van der Waals surface area contributed by atoms with Crippen LogP contribution in [-0.2, 0) is 10.0 Å². The van der Waals surface area contributed by atoms with Gasteiger partial charge in [-0.1, -0.05) is 54.1 Å². The van der Waals surface area contributed by atoms with Gasteiger partial charge in [0.2, 0.25) is 5.96 Å². The Morgan fingerprint density at radius 1 is 1.08 bits per heavy atom. The highest BCUT2D eigenvalue weighted by molar-refractivity contribution is 7.90. The van der Waals surface area contributed by atoms with E-state index < -0.39 is 22.1 Å². The lowest BCUT2D eigenvalue weighted by atomic mass is 9.86. The van der Waals surface area contributed by atoms with Gasteiger partial charge >= 0.3 is 6.36 Å². The average Bonchev–Trinajstić information content (AvgIpc) is 2.88. The van der Waals surface area contributed by atoms with Crippen molar-refractivity contribution in [2.75, 3.05) is 6.54 Å². The van der Waals surface area contributed by atoms with Gasteiger partial charge in [0.05, 0.1) is 10.6 Å². The Bertz CT molecular complexity index is 1500. The summed E-state index contributed by atoms with van der Waals surface area (Å²) in [4.78, 5) is -0.375. The molecule has 3 N–H and O–H groups in total. The van der Waals surface area contributed by atoms with Crippen LogP contribution in [0.15, 0.2) is 93.3 Å². The number of ether oxygens (including phenoxy) is 1. The van der Waals surface area contributed by atoms with E-state index in [0.717, 1.165) is 35.4 Å². The third-order valence-corrected chi connectivity index (χ3v) is 7.21. The van der Waals surface area contributed by atoms with Crippen LogP contribution in [0.2, 0.25) is 5.02 Å². The number of nitrogens with two attached hydrogens (primary N) is 1. The molecule has 1 unspecified atom stereocenters. The van der Waals surface area contributed by atoms with Gasteiger partial charge in [-0.25, -0.2) is 5.01 Å². The minimum Gasteiger partial charge on any atom is -0.406 e. The summed E-state index contributed by atoms with van der Waals surface area (Å²) in [5, 5.41) is 8.89. The standard InChI is InChI=1S/C25H21ClF3N5O3S2/c26-18-8-6-17(7-9-18)22-21(16-4-2-1-3-5-16)14-15-34(32-22)24(31-23(30)38)33-39(35,36)20-12-10-19(11-13-20)37-25(27,28)29/h1-13,21H,14-15H2,(H3,30,31,33,38). The monoisotopic (exact) mass is 595 g/mol. The molecule has 204 valence electrons. The molecule has 1 aliphatic rings. The lowest BCUT2D eigenvalue weighted by Gasteiger charge is -2.32. The van der Waals surface area contributed by atoms with Crippen molar-refractivity contribution in [1.82, 2.24) is 10.3 Å². The van der Waals surface area contributed by atoms with E-state index in [9.17, 15) is 21.6 Å².